The Bertz CT molecular complexity index is 1320. The Kier molecular flexibility index (Phi) is 6.11. The molecule has 0 saturated heterocycles. The number of halogens is 2. The van der Waals surface area contributed by atoms with Crippen LogP contribution in [0.3, 0.4) is 0 Å². The van der Waals surface area contributed by atoms with Crippen LogP contribution in [0.15, 0.2) is 59.6 Å². The predicted molar refractivity (Wildman–Crippen MR) is 125 cm³/mol. The summed E-state index contributed by atoms with van der Waals surface area (Å²) in [4.78, 5) is 24.6. The van der Waals surface area contributed by atoms with E-state index in [9.17, 15) is 9.90 Å². The zero-order valence-electron chi connectivity index (χ0n) is 17.0. The standard InChI is InChI=1S/C22H17BrClN5O3/c1-12-10-29(11-26-12)18-6-4-14(8-19(18)32-2)27-22-25-9-16(21(30)31)20(28-22)15-5-3-13(23)7-17(15)24/h3-11H,1-2H3,(H,30,31)(H,25,27,28). The van der Waals surface area contributed by atoms with Crippen LogP contribution in [0, 0.1) is 6.92 Å². The molecule has 0 saturated carbocycles. The van der Waals surface area contributed by atoms with Gasteiger partial charge in [-0.1, -0.05) is 33.6 Å². The number of methoxy groups -OCH3 is 1. The normalized spacial score (nSPS) is 10.8. The van der Waals surface area contributed by atoms with Gasteiger partial charge < -0.3 is 19.7 Å². The van der Waals surface area contributed by atoms with Crippen molar-refractivity contribution in [1.82, 2.24) is 19.5 Å². The van der Waals surface area contributed by atoms with Gasteiger partial charge in [-0.05, 0) is 31.2 Å². The number of aromatic nitrogens is 4. The van der Waals surface area contributed by atoms with E-state index in [0.29, 0.717) is 22.0 Å². The molecule has 0 aliphatic heterocycles. The number of rotatable bonds is 6. The highest BCUT2D eigenvalue weighted by molar-refractivity contribution is 9.10. The molecule has 0 radical (unpaired) electrons. The van der Waals surface area contributed by atoms with Crippen LogP contribution in [0.1, 0.15) is 16.1 Å². The lowest BCUT2D eigenvalue weighted by atomic mass is 10.1. The lowest BCUT2D eigenvalue weighted by Gasteiger charge is -2.13. The summed E-state index contributed by atoms with van der Waals surface area (Å²) in [6, 6.07) is 10.7. The van der Waals surface area contributed by atoms with Gasteiger partial charge >= 0.3 is 5.97 Å². The first kappa shape index (κ1) is 21.8. The van der Waals surface area contributed by atoms with Crippen LogP contribution in [0.25, 0.3) is 16.9 Å². The van der Waals surface area contributed by atoms with E-state index in [1.54, 1.807) is 37.7 Å². The SMILES string of the molecule is COc1cc(Nc2ncc(C(=O)O)c(-c3ccc(Br)cc3Cl)n2)ccc1-n1cnc(C)c1. The average Bonchev–Trinajstić information content (AvgIpc) is 3.19. The van der Waals surface area contributed by atoms with Crippen molar-refractivity contribution in [3.63, 3.8) is 0 Å². The second kappa shape index (κ2) is 8.97. The number of aryl methyl sites for hydroxylation is 1. The summed E-state index contributed by atoms with van der Waals surface area (Å²) in [6.45, 7) is 1.91. The fraction of sp³-hybridized carbons (Fsp3) is 0.0909. The van der Waals surface area contributed by atoms with E-state index in [4.69, 9.17) is 16.3 Å². The molecule has 10 heteroatoms. The third-order valence-corrected chi connectivity index (χ3v) is 5.44. The van der Waals surface area contributed by atoms with Gasteiger partial charge in [0.25, 0.3) is 0 Å². The number of carboxylic acids is 1. The number of aromatic carboxylic acids is 1. The van der Waals surface area contributed by atoms with Crippen LogP contribution in [0.4, 0.5) is 11.6 Å². The highest BCUT2D eigenvalue weighted by Crippen LogP contribution is 2.33. The van der Waals surface area contributed by atoms with Gasteiger partial charge in [0.2, 0.25) is 5.95 Å². The first-order valence-electron chi connectivity index (χ1n) is 9.37. The molecule has 8 nitrogen and oxygen atoms in total. The molecule has 2 N–H and O–H groups in total. The molecule has 0 aliphatic rings. The van der Waals surface area contributed by atoms with Gasteiger partial charge in [0.1, 0.15) is 11.3 Å². The molecule has 0 amide bonds. The molecule has 4 aromatic rings. The number of imidazole rings is 1. The highest BCUT2D eigenvalue weighted by atomic mass is 79.9. The molecule has 2 heterocycles. The monoisotopic (exact) mass is 513 g/mol. The minimum Gasteiger partial charge on any atom is -0.494 e. The van der Waals surface area contributed by atoms with Gasteiger partial charge in [0, 0.05) is 34.2 Å². The second-order valence-electron chi connectivity index (χ2n) is 6.82. The lowest BCUT2D eigenvalue weighted by Crippen LogP contribution is -2.07. The van der Waals surface area contributed by atoms with Gasteiger partial charge in [-0.15, -0.1) is 0 Å². The minimum atomic E-state index is -1.15. The topological polar surface area (TPSA) is 102 Å². The van der Waals surface area contributed by atoms with E-state index in [1.165, 1.54) is 6.20 Å². The summed E-state index contributed by atoms with van der Waals surface area (Å²) in [6.07, 6.45) is 4.86. The van der Waals surface area contributed by atoms with Crippen molar-refractivity contribution in [2.75, 3.05) is 12.4 Å². The molecular weight excluding hydrogens is 498 g/mol. The number of anilines is 2. The number of hydrogen-bond acceptors (Lipinski definition) is 6. The lowest BCUT2D eigenvalue weighted by molar-refractivity contribution is 0.0697. The maximum absolute atomic E-state index is 11.7. The molecule has 0 fully saturated rings. The van der Waals surface area contributed by atoms with E-state index in [-0.39, 0.29) is 17.2 Å². The van der Waals surface area contributed by atoms with Crippen LogP contribution in [-0.4, -0.2) is 37.7 Å². The predicted octanol–water partition coefficient (Wildman–Crippen LogP) is 5.50. The maximum atomic E-state index is 11.7. The third-order valence-electron chi connectivity index (χ3n) is 4.63. The highest BCUT2D eigenvalue weighted by Gasteiger charge is 2.18. The number of nitrogens with one attached hydrogen (secondary N) is 1. The summed E-state index contributed by atoms with van der Waals surface area (Å²) in [5.41, 5.74) is 3.02. The van der Waals surface area contributed by atoms with Crippen molar-refractivity contribution in [1.29, 1.82) is 0 Å². The first-order valence-corrected chi connectivity index (χ1v) is 10.5. The van der Waals surface area contributed by atoms with Crippen LogP contribution in [0.5, 0.6) is 5.75 Å². The molecule has 0 atom stereocenters. The fourth-order valence-corrected chi connectivity index (χ4v) is 3.90. The number of carboxylic acid groups (broad SMARTS) is 1. The Morgan fingerprint density at radius 2 is 2.03 bits per heavy atom. The average molecular weight is 515 g/mol. The van der Waals surface area contributed by atoms with E-state index >= 15 is 0 Å². The molecule has 0 bridgehead atoms. The van der Waals surface area contributed by atoms with Crippen molar-refractivity contribution in [2.45, 2.75) is 6.92 Å². The molecule has 32 heavy (non-hydrogen) atoms. The van der Waals surface area contributed by atoms with Crippen molar-refractivity contribution in [3.05, 3.63) is 75.9 Å². The number of nitrogens with zero attached hydrogens (tertiary/aromatic N) is 4. The first-order chi connectivity index (χ1) is 15.4. The molecule has 162 valence electrons. The van der Waals surface area contributed by atoms with Crippen molar-refractivity contribution < 1.29 is 14.6 Å². The van der Waals surface area contributed by atoms with Crippen molar-refractivity contribution in [2.24, 2.45) is 0 Å². The van der Waals surface area contributed by atoms with E-state index in [0.717, 1.165) is 15.9 Å². The van der Waals surface area contributed by atoms with Crippen LogP contribution < -0.4 is 10.1 Å². The van der Waals surface area contributed by atoms with E-state index in [2.05, 4.69) is 36.2 Å². The quantitative estimate of drug-likeness (QED) is 0.350. The smallest absolute Gasteiger partial charge is 0.339 e. The van der Waals surface area contributed by atoms with Crippen LogP contribution in [-0.2, 0) is 0 Å². The molecule has 0 spiro atoms. The Balaban J connectivity index is 1.71. The number of carbonyl (C=O) groups is 1. The number of ether oxygens (including phenoxy) is 1. The van der Waals surface area contributed by atoms with Crippen molar-refractivity contribution >= 4 is 45.1 Å². The van der Waals surface area contributed by atoms with E-state index < -0.39 is 5.97 Å². The summed E-state index contributed by atoms with van der Waals surface area (Å²) in [7, 11) is 1.58. The summed E-state index contributed by atoms with van der Waals surface area (Å²) in [5, 5.41) is 13.1. The zero-order chi connectivity index (χ0) is 22.8. The van der Waals surface area contributed by atoms with Gasteiger partial charge in [-0.2, -0.15) is 0 Å². The Labute approximate surface area is 197 Å². The molecule has 4 rings (SSSR count). The van der Waals surface area contributed by atoms with Gasteiger partial charge in [0.05, 0.1) is 35.5 Å². The number of benzene rings is 2. The van der Waals surface area contributed by atoms with Crippen LogP contribution >= 0.6 is 27.5 Å². The maximum Gasteiger partial charge on any atom is 0.339 e. The zero-order valence-corrected chi connectivity index (χ0v) is 19.3. The Morgan fingerprint density at radius 1 is 1.22 bits per heavy atom. The summed E-state index contributed by atoms with van der Waals surface area (Å²) in [5.74, 6) is -0.310. The third kappa shape index (κ3) is 4.44. The van der Waals surface area contributed by atoms with Gasteiger partial charge in [-0.3, -0.25) is 0 Å². The molecular formula is C22H17BrClN5O3. The summed E-state index contributed by atoms with van der Waals surface area (Å²) < 4.78 is 8.17. The van der Waals surface area contributed by atoms with Gasteiger partial charge in [-0.25, -0.2) is 19.7 Å². The largest absolute Gasteiger partial charge is 0.494 e. The molecule has 2 aromatic carbocycles. The fourth-order valence-electron chi connectivity index (χ4n) is 3.14. The second-order valence-corrected chi connectivity index (χ2v) is 8.14. The molecule has 0 unspecified atom stereocenters. The van der Waals surface area contributed by atoms with E-state index in [1.807, 2.05) is 29.8 Å². The van der Waals surface area contributed by atoms with Gasteiger partial charge in [0.15, 0.2) is 0 Å². The Morgan fingerprint density at radius 3 is 2.69 bits per heavy atom. The Hall–Kier alpha value is -3.43. The van der Waals surface area contributed by atoms with Crippen molar-refractivity contribution in [3.8, 4) is 22.7 Å². The number of hydrogen-bond donors (Lipinski definition) is 2. The molecule has 0 aliphatic carbocycles. The minimum absolute atomic E-state index is 0.0526. The van der Waals surface area contributed by atoms with Crippen LogP contribution in [0.2, 0.25) is 5.02 Å². The molecule has 2 aromatic heterocycles. The summed E-state index contributed by atoms with van der Waals surface area (Å²) >= 11 is 9.69.